The van der Waals surface area contributed by atoms with Crippen LogP contribution < -0.4 is 4.74 Å². The van der Waals surface area contributed by atoms with Crippen molar-refractivity contribution in [1.82, 2.24) is 20.0 Å². The number of fused-ring (bicyclic) bond motifs is 1. The second-order valence-corrected chi connectivity index (χ2v) is 10.1. The van der Waals surface area contributed by atoms with Crippen LogP contribution in [0.4, 0.5) is 22.0 Å². The van der Waals surface area contributed by atoms with Crippen molar-refractivity contribution in [3.8, 4) is 28.4 Å². The molecular weight excluding hydrogens is 640 g/mol. The van der Waals surface area contributed by atoms with E-state index in [0.717, 1.165) is 12.1 Å². The van der Waals surface area contributed by atoms with E-state index in [-0.39, 0.29) is 76.7 Å². The Hall–Kier alpha value is -4.34. The number of rotatable bonds is 11. The molecule has 0 fully saturated rings. The Labute approximate surface area is 286 Å². The molecule has 1 aliphatic heterocycles. The molecule has 2 aromatic heterocycles. The number of carbonyl (C=O) groups excluding carboxylic acids is 1. The minimum absolute atomic E-state index is 0. The number of hydrogen-bond acceptors (Lipinski definition) is 8. The van der Waals surface area contributed by atoms with E-state index < -0.39 is 54.4 Å². The Morgan fingerprint density at radius 2 is 1.87 bits per heavy atom. The number of esters is 1. The fraction of sp³-hybridized carbons (Fsp3) is 0.258. The zero-order valence-electron chi connectivity index (χ0n) is 24.1. The molecule has 3 heterocycles. The SMILES string of the molecule is CCCOc1ccc(-c2ccc(C(C(=O)OCCC(=O)O)N3Cc4nc(-c5cccc(F)c5F)[nH]c4C=N3)cn2)c(C(F)(F)F)c1.[NaH]. The van der Waals surface area contributed by atoms with Crippen molar-refractivity contribution in [2.75, 3.05) is 13.2 Å². The molecule has 47 heavy (non-hydrogen) atoms. The molecule has 242 valence electrons. The van der Waals surface area contributed by atoms with Gasteiger partial charge >= 0.3 is 47.7 Å². The van der Waals surface area contributed by atoms with Crippen LogP contribution in [-0.2, 0) is 27.0 Å². The molecule has 0 spiro atoms. The van der Waals surface area contributed by atoms with Crippen LogP contribution in [0.2, 0.25) is 0 Å². The predicted molar refractivity (Wildman–Crippen MR) is 161 cm³/mol. The molecule has 4 aromatic rings. The summed E-state index contributed by atoms with van der Waals surface area (Å²) in [5.41, 5.74) is -0.459. The Kier molecular flexibility index (Phi) is 11.4. The monoisotopic (exact) mass is 667 g/mol. The Balaban J connectivity index is 0.00000500. The number of aromatic nitrogens is 3. The molecule has 0 amide bonds. The summed E-state index contributed by atoms with van der Waals surface area (Å²) in [5, 5.41) is 14.5. The van der Waals surface area contributed by atoms with E-state index in [9.17, 15) is 31.5 Å². The number of benzene rings is 2. The van der Waals surface area contributed by atoms with Crippen molar-refractivity contribution in [3.63, 3.8) is 0 Å². The van der Waals surface area contributed by atoms with Crippen LogP contribution in [0.3, 0.4) is 0 Å². The van der Waals surface area contributed by atoms with Crippen LogP contribution in [-0.4, -0.2) is 86.0 Å². The molecule has 1 aliphatic rings. The van der Waals surface area contributed by atoms with Gasteiger partial charge in [0, 0.05) is 17.3 Å². The number of imidazole rings is 1. The molecule has 0 saturated heterocycles. The van der Waals surface area contributed by atoms with Crippen molar-refractivity contribution < 1.29 is 46.1 Å². The fourth-order valence-electron chi connectivity index (χ4n) is 4.71. The number of carboxylic acid groups (broad SMARTS) is 1. The van der Waals surface area contributed by atoms with E-state index in [4.69, 9.17) is 14.6 Å². The summed E-state index contributed by atoms with van der Waals surface area (Å²) in [5.74, 6) is -4.19. The molecule has 0 bridgehead atoms. The van der Waals surface area contributed by atoms with Gasteiger partial charge in [-0.3, -0.25) is 14.8 Å². The number of hydrazone groups is 1. The fourth-order valence-corrected chi connectivity index (χ4v) is 4.71. The van der Waals surface area contributed by atoms with Crippen LogP contribution in [0, 0.1) is 11.6 Å². The van der Waals surface area contributed by atoms with E-state index in [2.05, 4.69) is 20.1 Å². The second-order valence-electron chi connectivity index (χ2n) is 10.1. The Morgan fingerprint density at radius 1 is 1.09 bits per heavy atom. The van der Waals surface area contributed by atoms with E-state index >= 15 is 0 Å². The van der Waals surface area contributed by atoms with E-state index in [0.29, 0.717) is 17.8 Å². The van der Waals surface area contributed by atoms with Crippen LogP contribution in [0.25, 0.3) is 22.6 Å². The van der Waals surface area contributed by atoms with E-state index in [1.807, 2.05) is 6.92 Å². The summed E-state index contributed by atoms with van der Waals surface area (Å²) in [4.78, 5) is 35.7. The molecule has 2 aromatic carbocycles. The molecule has 2 N–H and O–H groups in total. The Bertz CT molecular complexity index is 1780. The number of hydrogen-bond donors (Lipinski definition) is 2. The van der Waals surface area contributed by atoms with Crippen molar-refractivity contribution >= 4 is 47.7 Å². The van der Waals surface area contributed by atoms with Gasteiger partial charge in [0.2, 0.25) is 0 Å². The summed E-state index contributed by atoms with van der Waals surface area (Å²) in [6, 6.07) is 8.55. The molecule has 0 saturated carbocycles. The summed E-state index contributed by atoms with van der Waals surface area (Å²) < 4.78 is 80.7. The van der Waals surface area contributed by atoms with Gasteiger partial charge in [0.05, 0.1) is 54.0 Å². The quantitative estimate of drug-likeness (QED) is 0.122. The van der Waals surface area contributed by atoms with Gasteiger partial charge in [0.25, 0.3) is 0 Å². The molecule has 1 atom stereocenters. The number of carboxylic acids is 1. The molecule has 1 unspecified atom stereocenters. The number of halogens is 5. The molecular formula is C31H27F5N5NaO5. The van der Waals surface area contributed by atoms with Crippen LogP contribution >= 0.6 is 0 Å². The van der Waals surface area contributed by atoms with E-state index in [1.54, 1.807) is 0 Å². The van der Waals surface area contributed by atoms with Gasteiger partial charge in [-0.05, 0) is 42.8 Å². The number of aliphatic carboxylic acids is 1. The molecule has 16 heteroatoms. The number of nitrogens with zero attached hydrogens (tertiary/aromatic N) is 4. The summed E-state index contributed by atoms with van der Waals surface area (Å²) in [6.07, 6.45) is -2.06. The summed E-state index contributed by atoms with van der Waals surface area (Å²) >= 11 is 0. The third kappa shape index (κ3) is 8.15. The zero-order valence-corrected chi connectivity index (χ0v) is 24.1. The Morgan fingerprint density at radius 3 is 2.55 bits per heavy atom. The first-order valence-corrected chi connectivity index (χ1v) is 14.0. The number of H-pyrrole nitrogens is 1. The number of pyridine rings is 1. The van der Waals surface area contributed by atoms with Crippen LogP contribution in [0.1, 0.15) is 48.3 Å². The first-order chi connectivity index (χ1) is 22.0. The minimum atomic E-state index is -4.71. The van der Waals surface area contributed by atoms with Gasteiger partial charge in [-0.1, -0.05) is 19.1 Å². The second kappa shape index (κ2) is 15.0. The van der Waals surface area contributed by atoms with Crippen molar-refractivity contribution in [2.45, 2.75) is 38.5 Å². The van der Waals surface area contributed by atoms with Crippen molar-refractivity contribution in [2.24, 2.45) is 5.10 Å². The van der Waals surface area contributed by atoms with Crippen molar-refractivity contribution in [3.05, 3.63) is 88.9 Å². The van der Waals surface area contributed by atoms with Crippen molar-refractivity contribution in [1.29, 1.82) is 0 Å². The number of alkyl halides is 3. The normalized spacial score (nSPS) is 13.0. The third-order valence-corrected chi connectivity index (χ3v) is 6.89. The molecule has 0 radical (unpaired) electrons. The first kappa shape index (κ1) is 35.5. The van der Waals surface area contributed by atoms with Gasteiger partial charge in [0.1, 0.15) is 18.2 Å². The standard InChI is InChI=1S/C31H26F5N5O5.Na.H/c1-2-11-45-18-7-8-19(21(13-18)31(34,35)36)23-9-6-17(14-37-23)28(30(44)46-12-10-26(42)43)41-16-25-24(15-38-41)39-29(40-25)20-4-3-5-22(32)27(20)33;;/h3-9,13-15,28H,2,10-12,16H2,1H3,(H,39,40)(H,42,43);;. The third-order valence-electron chi connectivity index (χ3n) is 6.89. The predicted octanol–water partition coefficient (Wildman–Crippen LogP) is 5.48. The molecule has 5 rings (SSSR count). The topological polar surface area (TPSA) is 130 Å². The van der Waals surface area contributed by atoms with Crippen LogP contribution in [0.5, 0.6) is 5.75 Å². The number of aromatic amines is 1. The van der Waals surface area contributed by atoms with Gasteiger partial charge in [-0.2, -0.15) is 18.3 Å². The molecule has 0 aliphatic carbocycles. The summed E-state index contributed by atoms with van der Waals surface area (Å²) in [6.45, 7) is 1.49. The number of nitrogens with one attached hydrogen (secondary N) is 1. The first-order valence-electron chi connectivity index (χ1n) is 14.0. The average Bonchev–Trinajstić information content (AvgIpc) is 3.44. The van der Waals surface area contributed by atoms with Gasteiger partial charge in [-0.15, -0.1) is 0 Å². The maximum absolute atomic E-state index is 14.4. The van der Waals surface area contributed by atoms with Gasteiger partial charge < -0.3 is 19.6 Å². The number of ether oxygens (including phenoxy) is 2. The van der Waals surface area contributed by atoms with Gasteiger partial charge in [-0.25, -0.2) is 18.6 Å². The number of carbonyl (C=O) groups is 2. The zero-order chi connectivity index (χ0) is 33.0. The van der Waals surface area contributed by atoms with Gasteiger partial charge in [0.15, 0.2) is 17.7 Å². The van der Waals surface area contributed by atoms with Crippen LogP contribution in [0.15, 0.2) is 59.8 Å². The summed E-state index contributed by atoms with van der Waals surface area (Å²) in [7, 11) is 0. The molecule has 10 nitrogen and oxygen atoms in total. The maximum atomic E-state index is 14.4. The van der Waals surface area contributed by atoms with E-state index in [1.165, 1.54) is 53.8 Å². The average molecular weight is 668 g/mol.